The Balaban J connectivity index is 1.87. The first-order valence-corrected chi connectivity index (χ1v) is 6.72. The first-order chi connectivity index (χ1) is 10.1. The molecule has 0 saturated heterocycles. The van der Waals surface area contributed by atoms with E-state index in [4.69, 9.17) is 0 Å². The van der Waals surface area contributed by atoms with E-state index < -0.39 is 0 Å². The summed E-state index contributed by atoms with van der Waals surface area (Å²) in [6.07, 6.45) is 5.01. The first-order valence-electron chi connectivity index (χ1n) is 6.72. The van der Waals surface area contributed by atoms with Gasteiger partial charge in [0.05, 0.1) is 22.5 Å². The van der Waals surface area contributed by atoms with Gasteiger partial charge in [0.25, 0.3) is 0 Å². The van der Waals surface area contributed by atoms with Crippen molar-refractivity contribution in [1.82, 2.24) is 14.8 Å². The maximum absolute atomic E-state index is 12.1. The topological polar surface area (TPSA) is 47.8 Å². The molecule has 0 fully saturated rings. The SMILES string of the molecule is Cc1nn(C)cc1C(=O)/C=C/c1ccc2ccccc2n1. The molecule has 3 aromatic rings. The Morgan fingerprint density at radius 3 is 2.76 bits per heavy atom. The second kappa shape index (κ2) is 5.32. The van der Waals surface area contributed by atoms with Gasteiger partial charge in [-0.05, 0) is 31.2 Å². The van der Waals surface area contributed by atoms with Crippen molar-refractivity contribution in [1.29, 1.82) is 0 Å². The predicted octanol–water partition coefficient (Wildman–Crippen LogP) is 3.17. The summed E-state index contributed by atoms with van der Waals surface area (Å²) in [7, 11) is 1.80. The average molecular weight is 277 g/mol. The standard InChI is InChI=1S/C17H15N3O/c1-12-15(11-20(2)19-12)17(21)10-9-14-8-7-13-5-3-4-6-16(13)18-14/h3-11H,1-2H3/b10-9+. The first kappa shape index (κ1) is 13.2. The van der Waals surface area contributed by atoms with Crippen LogP contribution < -0.4 is 0 Å². The zero-order chi connectivity index (χ0) is 14.8. The maximum atomic E-state index is 12.1. The van der Waals surface area contributed by atoms with Gasteiger partial charge < -0.3 is 0 Å². The fraction of sp³-hybridized carbons (Fsp3) is 0.118. The van der Waals surface area contributed by atoms with Crippen LogP contribution in [-0.2, 0) is 7.05 Å². The summed E-state index contributed by atoms with van der Waals surface area (Å²) in [4.78, 5) is 16.7. The number of aromatic nitrogens is 3. The number of para-hydroxylation sites is 1. The van der Waals surface area contributed by atoms with Crippen LogP contribution in [0.5, 0.6) is 0 Å². The van der Waals surface area contributed by atoms with Gasteiger partial charge in [0.15, 0.2) is 5.78 Å². The van der Waals surface area contributed by atoms with Gasteiger partial charge in [-0.25, -0.2) is 4.98 Å². The Morgan fingerprint density at radius 1 is 1.19 bits per heavy atom. The van der Waals surface area contributed by atoms with Crippen molar-refractivity contribution in [2.24, 2.45) is 7.05 Å². The third kappa shape index (κ3) is 2.74. The number of ketones is 1. The molecular weight excluding hydrogens is 262 g/mol. The minimum absolute atomic E-state index is 0.0597. The summed E-state index contributed by atoms with van der Waals surface area (Å²) in [5.41, 5.74) is 3.04. The second-order valence-electron chi connectivity index (χ2n) is 4.93. The molecule has 3 rings (SSSR count). The van der Waals surface area contributed by atoms with Crippen LogP contribution in [0.15, 0.2) is 48.7 Å². The van der Waals surface area contributed by atoms with Crippen molar-refractivity contribution in [3.05, 3.63) is 65.6 Å². The molecule has 4 nitrogen and oxygen atoms in total. The Hall–Kier alpha value is -2.75. The summed E-state index contributed by atoms with van der Waals surface area (Å²) < 4.78 is 1.64. The molecule has 104 valence electrons. The molecule has 1 aromatic carbocycles. The number of carbonyl (C=O) groups excluding carboxylic acids is 1. The van der Waals surface area contributed by atoms with Crippen LogP contribution in [0.2, 0.25) is 0 Å². The molecule has 21 heavy (non-hydrogen) atoms. The van der Waals surface area contributed by atoms with E-state index in [-0.39, 0.29) is 5.78 Å². The van der Waals surface area contributed by atoms with Crippen LogP contribution in [0.1, 0.15) is 21.7 Å². The van der Waals surface area contributed by atoms with Crippen molar-refractivity contribution in [2.75, 3.05) is 0 Å². The third-order valence-corrected chi connectivity index (χ3v) is 3.30. The molecule has 0 atom stereocenters. The largest absolute Gasteiger partial charge is 0.289 e. The molecule has 0 saturated carbocycles. The zero-order valence-electron chi connectivity index (χ0n) is 11.9. The summed E-state index contributed by atoms with van der Waals surface area (Å²) >= 11 is 0. The highest BCUT2D eigenvalue weighted by atomic mass is 16.1. The van der Waals surface area contributed by atoms with Gasteiger partial charge in [-0.15, -0.1) is 0 Å². The third-order valence-electron chi connectivity index (χ3n) is 3.30. The minimum atomic E-state index is -0.0597. The number of nitrogens with zero attached hydrogens (tertiary/aromatic N) is 3. The second-order valence-corrected chi connectivity index (χ2v) is 4.93. The number of pyridine rings is 1. The van der Waals surface area contributed by atoms with E-state index in [0.717, 1.165) is 22.3 Å². The zero-order valence-corrected chi connectivity index (χ0v) is 11.9. The fourth-order valence-electron chi connectivity index (χ4n) is 2.27. The number of carbonyl (C=O) groups is 1. The van der Waals surface area contributed by atoms with Crippen molar-refractivity contribution in [3.8, 4) is 0 Å². The number of allylic oxidation sites excluding steroid dienone is 1. The summed E-state index contributed by atoms with van der Waals surface area (Å²) in [5.74, 6) is -0.0597. The number of benzene rings is 1. The lowest BCUT2D eigenvalue weighted by Crippen LogP contribution is -1.95. The van der Waals surface area contributed by atoms with Gasteiger partial charge in [0, 0.05) is 18.6 Å². The molecule has 2 aromatic heterocycles. The molecule has 0 N–H and O–H groups in total. The van der Waals surface area contributed by atoms with Crippen LogP contribution in [0, 0.1) is 6.92 Å². The molecule has 0 aliphatic rings. The van der Waals surface area contributed by atoms with Crippen molar-refractivity contribution >= 4 is 22.8 Å². The minimum Gasteiger partial charge on any atom is -0.289 e. The van der Waals surface area contributed by atoms with Crippen molar-refractivity contribution in [2.45, 2.75) is 6.92 Å². The Kier molecular flexibility index (Phi) is 3.36. The van der Waals surface area contributed by atoms with Gasteiger partial charge in [-0.3, -0.25) is 9.48 Å². The smallest absolute Gasteiger partial charge is 0.189 e. The number of fused-ring (bicyclic) bond motifs is 1. The van der Waals surface area contributed by atoms with Gasteiger partial charge >= 0.3 is 0 Å². The molecule has 0 aliphatic carbocycles. The van der Waals surface area contributed by atoms with E-state index in [0.29, 0.717) is 5.56 Å². The van der Waals surface area contributed by atoms with Crippen LogP contribution in [-0.4, -0.2) is 20.5 Å². The predicted molar refractivity (Wildman–Crippen MR) is 83.1 cm³/mol. The number of hydrogen-bond acceptors (Lipinski definition) is 3. The number of hydrogen-bond donors (Lipinski definition) is 0. The lowest BCUT2D eigenvalue weighted by Gasteiger charge is -1.98. The molecule has 2 heterocycles. The maximum Gasteiger partial charge on any atom is 0.189 e. The van der Waals surface area contributed by atoms with Gasteiger partial charge in [-0.1, -0.05) is 24.3 Å². The monoisotopic (exact) mass is 277 g/mol. The van der Waals surface area contributed by atoms with Gasteiger partial charge in [0.2, 0.25) is 0 Å². The van der Waals surface area contributed by atoms with E-state index in [1.807, 2.05) is 43.3 Å². The molecule has 4 heteroatoms. The van der Waals surface area contributed by atoms with Crippen LogP contribution >= 0.6 is 0 Å². The Labute approximate surface area is 122 Å². The lowest BCUT2D eigenvalue weighted by molar-refractivity contribution is 0.104. The highest BCUT2D eigenvalue weighted by Crippen LogP contribution is 2.13. The van der Waals surface area contributed by atoms with Gasteiger partial charge in [0.1, 0.15) is 0 Å². The van der Waals surface area contributed by atoms with E-state index >= 15 is 0 Å². The molecular formula is C17H15N3O. The number of aryl methyl sites for hydroxylation is 2. The molecule has 0 aliphatic heterocycles. The van der Waals surface area contributed by atoms with Crippen LogP contribution in [0.3, 0.4) is 0 Å². The van der Waals surface area contributed by atoms with Crippen LogP contribution in [0.4, 0.5) is 0 Å². The molecule has 0 amide bonds. The van der Waals surface area contributed by atoms with E-state index in [1.165, 1.54) is 0 Å². The summed E-state index contributed by atoms with van der Waals surface area (Å²) in [6, 6.07) is 11.8. The van der Waals surface area contributed by atoms with Crippen LogP contribution in [0.25, 0.3) is 17.0 Å². The van der Waals surface area contributed by atoms with E-state index in [2.05, 4.69) is 10.1 Å². The molecule has 0 spiro atoms. The highest BCUT2D eigenvalue weighted by molar-refractivity contribution is 6.07. The van der Waals surface area contributed by atoms with Crippen molar-refractivity contribution < 1.29 is 4.79 Å². The average Bonchev–Trinajstić information content (AvgIpc) is 2.83. The molecule has 0 unspecified atom stereocenters. The Bertz CT molecular complexity index is 846. The van der Waals surface area contributed by atoms with Crippen molar-refractivity contribution in [3.63, 3.8) is 0 Å². The molecule has 0 bridgehead atoms. The number of rotatable bonds is 3. The fourth-order valence-corrected chi connectivity index (χ4v) is 2.27. The summed E-state index contributed by atoms with van der Waals surface area (Å²) in [6.45, 7) is 1.83. The Morgan fingerprint density at radius 2 is 2.00 bits per heavy atom. The van der Waals surface area contributed by atoms with E-state index in [1.54, 1.807) is 30.1 Å². The van der Waals surface area contributed by atoms with Gasteiger partial charge in [-0.2, -0.15) is 5.10 Å². The highest BCUT2D eigenvalue weighted by Gasteiger charge is 2.09. The quantitative estimate of drug-likeness (QED) is 0.545. The molecule has 0 radical (unpaired) electrons. The summed E-state index contributed by atoms with van der Waals surface area (Å²) in [5, 5.41) is 5.26. The van der Waals surface area contributed by atoms with E-state index in [9.17, 15) is 4.79 Å². The lowest BCUT2D eigenvalue weighted by atomic mass is 10.1. The normalized spacial score (nSPS) is 11.3.